The zero-order chi connectivity index (χ0) is 13.8. The van der Waals surface area contributed by atoms with Gasteiger partial charge in [-0.05, 0) is 24.0 Å². The van der Waals surface area contributed by atoms with E-state index in [1.807, 2.05) is 0 Å². The number of carboxylic acids is 2. The molecule has 0 aliphatic rings. The third kappa shape index (κ3) is 26.1. The first-order valence-corrected chi connectivity index (χ1v) is 5.55. The van der Waals surface area contributed by atoms with E-state index in [2.05, 4.69) is 4.67 Å². The molecule has 0 saturated heterocycles. The molecule has 0 spiro atoms. The van der Waals surface area contributed by atoms with Gasteiger partial charge in [-0.2, -0.15) is 0 Å². The first-order valence-electron chi connectivity index (χ1n) is 4.45. The number of carboxylic acid groups (broad SMARTS) is 2. The van der Waals surface area contributed by atoms with E-state index < -0.39 is 26.1 Å². The Bertz CT molecular complexity index is 276. The van der Waals surface area contributed by atoms with Gasteiger partial charge in [0.1, 0.15) is 0 Å². The Labute approximate surface area is 132 Å². The van der Waals surface area contributed by atoms with Gasteiger partial charge in [0.25, 0.3) is 0 Å². The second-order valence-electron chi connectivity index (χ2n) is 2.87. The van der Waals surface area contributed by atoms with Crippen LogP contribution in [-0.4, -0.2) is 34.0 Å². The predicted octanol–water partition coefficient (Wildman–Crippen LogP) is 1.07. The van der Waals surface area contributed by atoms with Crippen LogP contribution in [0.1, 0.15) is 20.7 Å². The molecule has 0 aromatic rings. The van der Waals surface area contributed by atoms with Crippen molar-refractivity contribution >= 4 is 20.2 Å². The van der Waals surface area contributed by atoms with E-state index in [4.69, 9.17) is 30.7 Å². The van der Waals surface area contributed by atoms with Gasteiger partial charge < -0.3 is 33.1 Å². The number of nitrogens with two attached hydrogens (primary N) is 3. The van der Waals surface area contributed by atoms with E-state index in [1.54, 1.807) is 0 Å². The predicted molar refractivity (Wildman–Crippen MR) is 65.7 cm³/mol. The molecule has 2 atom stereocenters. The summed E-state index contributed by atoms with van der Waals surface area (Å²) in [7, 11) is -3.04. The molecule has 0 aromatic carbocycles. The Kier molecular flexibility index (Phi) is 33.0. The van der Waals surface area contributed by atoms with Crippen molar-refractivity contribution in [3.05, 3.63) is 12.3 Å². The maximum Gasteiger partial charge on any atom is 2.00 e. The standard InChI is InChI=1S/C7H13NO4.2H2N.HO4P.Pt.H2/c8-3-1-2-5(7(11)12)4-6(9)10;;;1-4-5(2)3;;/h5H,1-4,8H2,(H,9,10)(H,11,12);2*1H2;1H;;1H/q;2*-1;;+2;. The third-order valence-corrected chi connectivity index (χ3v) is 1.73. The zero-order valence-electron chi connectivity index (χ0n) is 10.3. The Morgan fingerprint density at radius 2 is 1.75 bits per heavy atom. The molecule has 0 bridgehead atoms. The fourth-order valence-corrected chi connectivity index (χ4v) is 0.888. The number of rotatable bonds is 7. The fraction of sp³-hybridized carbons (Fsp3) is 0.714. The summed E-state index contributed by atoms with van der Waals surface area (Å²) in [5, 5.41) is 23.9. The zero-order valence-corrected chi connectivity index (χ0v) is 13.5. The number of hydrogen-bond donors (Lipinski definition) is 4. The topological polar surface area (TPSA) is 237 Å². The van der Waals surface area contributed by atoms with Crippen molar-refractivity contribution in [3.8, 4) is 0 Å². The van der Waals surface area contributed by atoms with E-state index in [0.717, 1.165) is 0 Å². The molecule has 0 amide bonds. The van der Waals surface area contributed by atoms with Crippen molar-refractivity contribution in [3.63, 3.8) is 0 Å². The molecule has 13 heteroatoms. The summed E-state index contributed by atoms with van der Waals surface area (Å²) in [5.74, 6) is -2.95. The van der Waals surface area contributed by atoms with Crippen LogP contribution in [0.5, 0.6) is 0 Å². The number of aliphatic carboxylic acids is 2. The molecule has 0 aromatic heterocycles. The molecule has 0 heterocycles. The van der Waals surface area contributed by atoms with Crippen molar-refractivity contribution < 1.29 is 61.7 Å². The Balaban J connectivity index is -0.0000000552. The molecule has 11 nitrogen and oxygen atoms in total. The number of hydrogen-bond acceptors (Lipinski definition) is 7. The molecule has 0 saturated carbocycles. The molecular formula is C7H20N3O8PPt. The molecule has 9 N–H and O–H groups in total. The van der Waals surface area contributed by atoms with Crippen LogP contribution in [0.4, 0.5) is 0 Å². The van der Waals surface area contributed by atoms with Crippen molar-refractivity contribution in [2.45, 2.75) is 19.3 Å². The summed E-state index contributed by atoms with van der Waals surface area (Å²) < 4.78 is 11.6. The summed E-state index contributed by atoms with van der Waals surface area (Å²) in [6.45, 7) is 0.392. The van der Waals surface area contributed by atoms with E-state index in [0.29, 0.717) is 19.4 Å². The molecule has 126 valence electrons. The van der Waals surface area contributed by atoms with Gasteiger partial charge in [0, 0.05) is 6.10 Å². The smallest absolute Gasteiger partial charge is 0.693 e. The van der Waals surface area contributed by atoms with E-state index >= 15 is 0 Å². The van der Waals surface area contributed by atoms with Gasteiger partial charge in [0.05, 0.1) is 12.3 Å². The number of carbonyl (C=O) groups is 2. The summed E-state index contributed by atoms with van der Waals surface area (Å²) in [6.07, 6.45) is 0.553. The van der Waals surface area contributed by atoms with Crippen molar-refractivity contribution in [2.24, 2.45) is 11.7 Å². The minimum atomic E-state index is -3.04. The SMILES string of the molecule is NCCCC(CC(=O)O)C(=O)O.O=[P+]([O-])OO.[HH].[NH2-].[NH2-].[Pt+2]. The van der Waals surface area contributed by atoms with E-state index in [-0.39, 0.29) is 41.2 Å². The summed E-state index contributed by atoms with van der Waals surface area (Å²) >= 11 is 0. The maximum atomic E-state index is 10.4. The van der Waals surface area contributed by atoms with Gasteiger partial charge >= 0.3 is 41.3 Å². The van der Waals surface area contributed by atoms with Crippen LogP contribution in [0, 0.1) is 5.92 Å². The van der Waals surface area contributed by atoms with Gasteiger partial charge in [-0.1, -0.05) is 0 Å². The average molecular weight is 500 g/mol. The second-order valence-corrected chi connectivity index (χ2v) is 3.48. The molecule has 2 unspecified atom stereocenters. The van der Waals surface area contributed by atoms with Crippen molar-refractivity contribution in [1.29, 1.82) is 0 Å². The molecule has 0 aliphatic heterocycles. The van der Waals surface area contributed by atoms with Gasteiger partial charge in [0.2, 0.25) is 0 Å². The van der Waals surface area contributed by atoms with Gasteiger partial charge in [-0.25, -0.2) is 5.26 Å². The largest absolute Gasteiger partial charge is 2.00 e. The Morgan fingerprint density at radius 3 is 1.95 bits per heavy atom. The molecular weight excluding hydrogens is 480 g/mol. The van der Waals surface area contributed by atoms with Crippen LogP contribution in [0.3, 0.4) is 0 Å². The van der Waals surface area contributed by atoms with Crippen molar-refractivity contribution in [2.75, 3.05) is 6.54 Å². The second kappa shape index (κ2) is 20.8. The monoisotopic (exact) mass is 500 g/mol. The molecule has 0 fully saturated rings. The first-order chi connectivity index (χ1) is 7.84. The molecule has 20 heavy (non-hydrogen) atoms. The van der Waals surface area contributed by atoms with Crippen LogP contribution in [-0.2, 0) is 39.9 Å². The Morgan fingerprint density at radius 1 is 1.35 bits per heavy atom. The third-order valence-electron chi connectivity index (χ3n) is 1.59. The average Bonchev–Trinajstić information content (AvgIpc) is 2.24. The molecule has 0 aliphatic carbocycles. The quantitative estimate of drug-likeness (QED) is 0.222. The summed E-state index contributed by atoms with van der Waals surface area (Å²) in [4.78, 5) is 29.6. The summed E-state index contributed by atoms with van der Waals surface area (Å²) in [6, 6.07) is 0. The minimum absolute atomic E-state index is 0. The normalized spacial score (nSPS) is 10.2. The van der Waals surface area contributed by atoms with E-state index in [1.165, 1.54) is 0 Å². The van der Waals surface area contributed by atoms with Gasteiger partial charge in [-0.15, -0.1) is 0 Å². The van der Waals surface area contributed by atoms with Crippen LogP contribution < -0.4 is 10.6 Å². The summed E-state index contributed by atoms with van der Waals surface area (Å²) in [5.41, 5.74) is 5.17. The first kappa shape index (κ1) is 31.7. The van der Waals surface area contributed by atoms with Crippen molar-refractivity contribution in [1.82, 2.24) is 0 Å². The van der Waals surface area contributed by atoms with E-state index in [9.17, 15) is 9.59 Å². The van der Waals surface area contributed by atoms with Crippen LogP contribution in [0.2, 0.25) is 0 Å². The molecule has 0 radical (unpaired) electrons. The van der Waals surface area contributed by atoms with Crippen LogP contribution in [0.15, 0.2) is 0 Å². The Hall–Kier alpha value is -0.512. The maximum absolute atomic E-state index is 10.4. The van der Waals surface area contributed by atoms with Gasteiger partial charge in [0.15, 0.2) is 0 Å². The fourth-order valence-electron chi connectivity index (χ4n) is 0.888. The van der Waals surface area contributed by atoms with Crippen LogP contribution in [0.25, 0.3) is 12.3 Å². The van der Waals surface area contributed by atoms with Gasteiger partial charge in [-0.3, -0.25) is 9.59 Å². The van der Waals surface area contributed by atoms with Crippen LogP contribution >= 0.6 is 8.25 Å². The minimum Gasteiger partial charge on any atom is -0.693 e. The molecule has 0 rings (SSSR count).